The van der Waals surface area contributed by atoms with Crippen molar-refractivity contribution >= 4 is 17.6 Å². The Morgan fingerprint density at radius 2 is 1.71 bits per heavy atom. The van der Waals surface area contributed by atoms with Crippen molar-refractivity contribution in [3.63, 3.8) is 0 Å². The Kier molecular flexibility index (Phi) is 6.16. The fraction of sp³-hybridized carbons (Fsp3) is 0.333. The summed E-state index contributed by atoms with van der Waals surface area (Å²) < 4.78 is 15.5. The van der Waals surface area contributed by atoms with Crippen molar-refractivity contribution in [2.75, 3.05) is 39.7 Å². The van der Waals surface area contributed by atoms with Crippen molar-refractivity contribution in [3.05, 3.63) is 53.1 Å². The van der Waals surface area contributed by atoms with Crippen LogP contribution in [0.25, 0.3) is 0 Å². The van der Waals surface area contributed by atoms with Crippen LogP contribution in [-0.4, -0.2) is 46.3 Å². The smallest absolute Gasteiger partial charge is 0.339 e. The number of carbonyl (C=O) groups excluding carboxylic acids is 2. The highest BCUT2D eigenvalue weighted by atomic mass is 16.5. The predicted octanol–water partition coefficient (Wildman–Crippen LogP) is 1.07. The molecular weight excluding hydrogens is 360 g/mol. The highest BCUT2D eigenvalue weighted by molar-refractivity contribution is 6.01. The van der Waals surface area contributed by atoms with E-state index >= 15 is 0 Å². The standard InChI is InChI=1S/C21H24N2O5/c1-26-18-10-14-8-9-23(12-15(14)11-19(18)27-2)13-20(24)22-17-7-5-4-6-16(17)21(25)28-3/h4-7,10-11H,8-9,12-13H2,1-3H3,(H,22,24)/p+1. The van der Waals surface area contributed by atoms with Gasteiger partial charge in [-0.15, -0.1) is 0 Å². The fourth-order valence-corrected chi connectivity index (χ4v) is 3.48. The molecule has 2 aromatic carbocycles. The van der Waals surface area contributed by atoms with Gasteiger partial charge < -0.3 is 24.4 Å². The number of benzene rings is 2. The van der Waals surface area contributed by atoms with Gasteiger partial charge in [0.15, 0.2) is 18.0 Å². The molecule has 1 atom stereocenters. The zero-order chi connectivity index (χ0) is 20.1. The van der Waals surface area contributed by atoms with E-state index in [1.807, 2.05) is 12.1 Å². The first-order chi connectivity index (χ1) is 13.5. The Hall–Kier alpha value is -3.06. The zero-order valence-electron chi connectivity index (χ0n) is 16.3. The largest absolute Gasteiger partial charge is 0.493 e. The monoisotopic (exact) mass is 385 g/mol. The van der Waals surface area contributed by atoms with Crippen LogP contribution in [0.3, 0.4) is 0 Å². The number of methoxy groups -OCH3 is 3. The second kappa shape index (κ2) is 8.75. The third-order valence-corrected chi connectivity index (χ3v) is 4.91. The lowest BCUT2D eigenvalue weighted by Gasteiger charge is -2.26. The van der Waals surface area contributed by atoms with E-state index in [9.17, 15) is 9.59 Å². The van der Waals surface area contributed by atoms with Crippen molar-refractivity contribution in [1.29, 1.82) is 0 Å². The van der Waals surface area contributed by atoms with E-state index in [2.05, 4.69) is 5.32 Å². The van der Waals surface area contributed by atoms with E-state index in [0.29, 0.717) is 23.5 Å². The molecule has 0 spiro atoms. The first kappa shape index (κ1) is 19.7. The van der Waals surface area contributed by atoms with E-state index in [1.54, 1.807) is 38.5 Å². The summed E-state index contributed by atoms with van der Waals surface area (Å²) in [7, 11) is 4.56. The number of carbonyl (C=O) groups is 2. The molecule has 2 N–H and O–H groups in total. The summed E-state index contributed by atoms with van der Waals surface area (Å²) in [5.74, 6) is 0.798. The lowest BCUT2D eigenvalue weighted by atomic mass is 9.99. The quantitative estimate of drug-likeness (QED) is 0.728. The number of hydrogen-bond acceptors (Lipinski definition) is 5. The van der Waals surface area contributed by atoms with Crippen molar-refractivity contribution in [2.45, 2.75) is 13.0 Å². The third-order valence-electron chi connectivity index (χ3n) is 4.91. The van der Waals surface area contributed by atoms with Crippen LogP contribution in [-0.2, 0) is 22.5 Å². The molecule has 0 saturated carbocycles. The average Bonchev–Trinajstić information content (AvgIpc) is 2.72. The molecule has 0 aromatic heterocycles. The van der Waals surface area contributed by atoms with E-state index in [0.717, 1.165) is 35.7 Å². The second-order valence-corrected chi connectivity index (χ2v) is 6.66. The molecule has 0 aliphatic carbocycles. The number of para-hydroxylation sites is 1. The molecule has 0 saturated heterocycles. The number of nitrogens with one attached hydrogen (secondary N) is 2. The first-order valence-electron chi connectivity index (χ1n) is 9.10. The fourth-order valence-electron chi connectivity index (χ4n) is 3.48. The molecule has 0 radical (unpaired) electrons. The predicted molar refractivity (Wildman–Crippen MR) is 104 cm³/mol. The Labute approximate surface area is 164 Å². The number of anilines is 1. The van der Waals surface area contributed by atoms with Crippen LogP contribution >= 0.6 is 0 Å². The van der Waals surface area contributed by atoms with E-state index in [4.69, 9.17) is 14.2 Å². The van der Waals surface area contributed by atoms with Crippen LogP contribution in [0.4, 0.5) is 5.69 Å². The van der Waals surface area contributed by atoms with Crippen molar-refractivity contribution in [1.82, 2.24) is 0 Å². The van der Waals surface area contributed by atoms with Gasteiger partial charge in [-0.3, -0.25) is 4.79 Å². The normalized spacial score (nSPS) is 15.3. The lowest BCUT2D eigenvalue weighted by molar-refractivity contribution is -0.907. The number of quaternary nitrogens is 1. The van der Waals surface area contributed by atoms with E-state index < -0.39 is 5.97 Å². The van der Waals surface area contributed by atoms with Crippen molar-refractivity contribution < 1.29 is 28.7 Å². The van der Waals surface area contributed by atoms with Gasteiger partial charge in [-0.1, -0.05) is 12.1 Å². The van der Waals surface area contributed by atoms with Crippen molar-refractivity contribution in [3.8, 4) is 11.5 Å². The minimum atomic E-state index is -0.476. The average molecular weight is 385 g/mol. The number of rotatable bonds is 6. The molecule has 0 fully saturated rings. The zero-order valence-corrected chi connectivity index (χ0v) is 16.3. The van der Waals surface area contributed by atoms with Crippen LogP contribution in [0, 0.1) is 0 Å². The van der Waals surface area contributed by atoms with Crippen LogP contribution in [0.15, 0.2) is 36.4 Å². The summed E-state index contributed by atoms with van der Waals surface area (Å²) in [5.41, 5.74) is 3.18. The summed E-state index contributed by atoms with van der Waals surface area (Å²) in [5, 5.41) is 2.83. The van der Waals surface area contributed by atoms with Gasteiger partial charge in [0, 0.05) is 12.0 Å². The summed E-state index contributed by atoms with van der Waals surface area (Å²) in [4.78, 5) is 25.6. The minimum Gasteiger partial charge on any atom is -0.493 e. The molecule has 3 rings (SSSR count). The number of fused-ring (bicyclic) bond motifs is 1. The maximum atomic E-state index is 12.6. The third kappa shape index (κ3) is 4.26. The van der Waals surface area contributed by atoms with Gasteiger partial charge in [0.1, 0.15) is 6.54 Å². The molecule has 1 heterocycles. The van der Waals surface area contributed by atoms with Gasteiger partial charge in [0.05, 0.1) is 39.1 Å². The van der Waals surface area contributed by atoms with Gasteiger partial charge in [0.2, 0.25) is 0 Å². The van der Waals surface area contributed by atoms with Gasteiger partial charge in [-0.05, 0) is 29.8 Å². The topological polar surface area (TPSA) is 78.3 Å². The Morgan fingerprint density at radius 3 is 2.39 bits per heavy atom. The van der Waals surface area contributed by atoms with E-state index in [-0.39, 0.29) is 5.91 Å². The summed E-state index contributed by atoms with van der Waals surface area (Å²) in [6.07, 6.45) is 0.858. The van der Waals surface area contributed by atoms with Crippen LogP contribution < -0.4 is 19.7 Å². The molecule has 2 aromatic rings. The highest BCUT2D eigenvalue weighted by Gasteiger charge is 2.24. The molecular formula is C21H25N2O5+. The molecule has 1 aliphatic heterocycles. The second-order valence-electron chi connectivity index (χ2n) is 6.66. The Balaban J connectivity index is 1.68. The SMILES string of the molecule is COC(=O)c1ccccc1NC(=O)C[NH+]1CCc2cc(OC)c(OC)cc2C1. The molecule has 0 bridgehead atoms. The van der Waals surface area contributed by atoms with E-state index in [1.165, 1.54) is 12.7 Å². The van der Waals surface area contributed by atoms with Gasteiger partial charge in [-0.2, -0.15) is 0 Å². The maximum absolute atomic E-state index is 12.6. The molecule has 1 unspecified atom stereocenters. The van der Waals surface area contributed by atoms with Gasteiger partial charge in [0.25, 0.3) is 5.91 Å². The van der Waals surface area contributed by atoms with Gasteiger partial charge >= 0.3 is 5.97 Å². The lowest BCUT2D eigenvalue weighted by Crippen LogP contribution is -3.12. The first-order valence-corrected chi connectivity index (χ1v) is 9.10. The summed E-state index contributed by atoms with van der Waals surface area (Å²) in [6, 6.07) is 10.8. The molecule has 7 heteroatoms. The van der Waals surface area contributed by atoms with Crippen LogP contribution in [0.5, 0.6) is 11.5 Å². The number of ether oxygens (including phenoxy) is 3. The summed E-state index contributed by atoms with van der Waals surface area (Å²) in [6.45, 7) is 1.87. The number of hydrogen-bond donors (Lipinski definition) is 2. The Bertz CT molecular complexity index is 881. The maximum Gasteiger partial charge on any atom is 0.339 e. The molecule has 7 nitrogen and oxygen atoms in total. The molecule has 1 amide bonds. The number of amides is 1. The van der Waals surface area contributed by atoms with Crippen LogP contribution in [0.2, 0.25) is 0 Å². The van der Waals surface area contributed by atoms with Crippen molar-refractivity contribution in [2.24, 2.45) is 0 Å². The molecule has 148 valence electrons. The minimum absolute atomic E-state index is 0.143. The highest BCUT2D eigenvalue weighted by Crippen LogP contribution is 2.31. The Morgan fingerprint density at radius 1 is 1.04 bits per heavy atom. The summed E-state index contributed by atoms with van der Waals surface area (Å²) >= 11 is 0. The molecule has 1 aliphatic rings. The number of esters is 1. The van der Waals surface area contributed by atoms with Gasteiger partial charge in [-0.25, -0.2) is 4.79 Å². The molecule has 28 heavy (non-hydrogen) atoms. The van der Waals surface area contributed by atoms with Crippen LogP contribution in [0.1, 0.15) is 21.5 Å².